The lowest BCUT2D eigenvalue weighted by Crippen LogP contribution is -2.38. The maximum atomic E-state index is 11.9. The van der Waals surface area contributed by atoms with Crippen molar-refractivity contribution in [3.8, 4) is 11.3 Å². The highest BCUT2D eigenvalue weighted by atomic mass is 16.2. The summed E-state index contributed by atoms with van der Waals surface area (Å²) < 4.78 is 1.85. The fraction of sp³-hybridized carbons (Fsp3) is 0.250. The molecule has 2 aromatic carbocycles. The Kier molecular flexibility index (Phi) is 5.93. The standard InChI is InChI=1S/C24H25N5O2/c1-16-3-7-18(8-4-16)14-29-15-20(22(28-29)19-9-5-17(2)6-10-19)13-25-27-24(31)23(30)26-21-11-12-21/h3-10,13,15,21H,11-12,14H2,1-2H3,(H,26,30)(H,27,31)/b25-13-. The van der Waals surface area contributed by atoms with Gasteiger partial charge in [0.2, 0.25) is 0 Å². The van der Waals surface area contributed by atoms with E-state index in [1.54, 1.807) is 0 Å². The van der Waals surface area contributed by atoms with E-state index in [-0.39, 0.29) is 6.04 Å². The lowest BCUT2D eigenvalue weighted by atomic mass is 10.1. The van der Waals surface area contributed by atoms with Gasteiger partial charge >= 0.3 is 11.8 Å². The van der Waals surface area contributed by atoms with E-state index in [1.165, 1.54) is 11.8 Å². The summed E-state index contributed by atoms with van der Waals surface area (Å²) in [7, 11) is 0. The first kappa shape index (κ1) is 20.5. The van der Waals surface area contributed by atoms with Gasteiger partial charge in [0.25, 0.3) is 0 Å². The lowest BCUT2D eigenvalue weighted by Gasteiger charge is -2.03. The molecular formula is C24H25N5O2. The monoisotopic (exact) mass is 415 g/mol. The van der Waals surface area contributed by atoms with Gasteiger partial charge in [-0.1, -0.05) is 59.7 Å². The predicted octanol–water partition coefficient (Wildman–Crippen LogP) is 2.94. The normalized spacial score (nSPS) is 13.4. The molecule has 1 fully saturated rings. The third-order valence-electron chi connectivity index (χ3n) is 5.07. The van der Waals surface area contributed by atoms with Gasteiger partial charge in [0.15, 0.2) is 0 Å². The summed E-state index contributed by atoms with van der Waals surface area (Å²) in [6.45, 7) is 4.70. The van der Waals surface area contributed by atoms with E-state index in [9.17, 15) is 9.59 Å². The first-order chi connectivity index (χ1) is 15.0. The van der Waals surface area contributed by atoms with E-state index >= 15 is 0 Å². The minimum absolute atomic E-state index is 0.121. The zero-order valence-electron chi connectivity index (χ0n) is 17.6. The molecule has 7 heteroatoms. The minimum Gasteiger partial charge on any atom is -0.345 e. The van der Waals surface area contributed by atoms with Crippen molar-refractivity contribution < 1.29 is 9.59 Å². The molecule has 3 aromatic rings. The highest BCUT2D eigenvalue weighted by Crippen LogP contribution is 2.22. The van der Waals surface area contributed by atoms with Crippen molar-refractivity contribution in [3.05, 3.63) is 77.0 Å². The molecule has 0 unspecified atom stereocenters. The number of amides is 2. The van der Waals surface area contributed by atoms with Gasteiger partial charge in [-0.2, -0.15) is 10.2 Å². The Bertz CT molecular complexity index is 1110. The Hall–Kier alpha value is -3.74. The van der Waals surface area contributed by atoms with Crippen LogP contribution in [0.25, 0.3) is 11.3 Å². The van der Waals surface area contributed by atoms with Crippen LogP contribution in [0.4, 0.5) is 0 Å². The van der Waals surface area contributed by atoms with Crippen LogP contribution in [0.5, 0.6) is 0 Å². The Morgan fingerprint density at radius 3 is 2.32 bits per heavy atom. The van der Waals surface area contributed by atoms with Gasteiger partial charge in [-0.25, -0.2) is 5.43 Å². The highest BCUT2D eigenvalue weighted by molar-refractivity contribution is 6.35. The molecule has 2 amide bonds. The summed E-state index contributed by atoms with van der Waals surface area (Å²) in [5.41, 5.74) is 8.26. The van der Waals surface area contributed by atoms with Crippen LogP contribution in [-0.4, -0.2) is 33.9 Å². The van der Waals surface area contributed by atoms with Crippen LogP contribution >= 0.6 is 0 Å². The van der Waals surface area contributed by atoms with Crippen molar-refractivity contribution in [1.29, 1.82) is 0 Å². The number of nitrogens with one attached hydrogen (secondary N) is 2. The quantitative estimate of drug-likeness (QED) is 0.369. The van der Waals surface area contributed by atoms with Gasteiger partial charge in [-0.05, 0) is 32.3 Å². The second-order valence-corrected chi connectivity index (χ2v) is 7.93. The van der Waals surface area contributed by atoms with E-state index in [1.807, 2.05) is 42.1 Å². The average Bonchev–Trinajstić information content (AvgIpc) is 3.49. The first-order valence-electron chi connectivity index (χ1n) is 10.3. The maximum Gasteiger partial charge on any atom is 0.329 e. The van der Waals surface area contributed by atoms with Crippen LogP contribution in [0, 0.1) is 13.8 Å². The molecule has 1 saturated carbocycles. The Labute approximate surface area is 181 Å². The number of hydrogen-bond acceptors (Lipinski definition) is 4. The average molecular weight is 415 g/mol. The van der Waals surface area contributed by atoms with Crippen molar-refractivity contribution >= 4 is 18.0 Å². The fourth-order valence-corrected chi connectivity index (χ4v) is 3.12. The zero-order valence-corrected chi connectivity index (χ0v) is 17.6. The third-order valence-corrected chi connectivity index (χ3v) is 5.07. The van der Waals surface area contributed by atoms with E-state index in [0.29, 0.717) is 6.54 Å². The van der Waals surface area contributed by atoms with Crippen LogP contribution in [0.2, 0.25) is 0 Å². The molecule has 31 heavy (non-hydrogen) atoms. The zero-order chi connectivity index (χ0) is 21.8. The highest BCUT2D eigenvalue weighted by Gasteiger charge is 2.26. The number of aryl methyl sites for hydroxylation is 2. The Morgan fingerprint density at radius 2 is 1.68 bits per heavy atom. The van der Waals surface area contributed by atoms with Crippen LogP contribution in [-0.2, 0) is 16.1 Å². The molecule has 0 bridgehead atoms. The molecule has 0 aliphatic heterocycles. The van der Waals surface area contributed by atoms with Crippen molar-refractivity contribution in [2.75, 3.05) is 0 Å². The molecule has 4 rings (SSSR count). The van der Waals surface area contributed by atoms with Gasteiger partial charge < -0.3 is 5.32 Å². The Balaban J connectivity index is 1.54. The second-order valence-electron chi connectivity index (χ2n) is 7.93. The topological polar surface area (TPSA) is 88.4 Å². The second kappa shape index (κ2) is 8.95. The molecule has 1 aromatic heterocycles. The number of hydrazone groups is 1. The molecule has 0 radical (unpaired) electrons. The van der Waals surface area contributed by atoms with Crippen LogP contribution in [0.1, 0.15) is 35.1 Å². The first-order valence-corrected chi connectivity index (χ1v) is 10.3. The fourth-order valence-electron chi connectivity index (χ4n) is 3.12. The molecule has 158 valence electrons. The molecule has 0 atom stereocenters. The predicted molar refractivity (Wildman–Crippen MR) is 120 cm³/mol. The van der Waals surface area contributed by atoms with E-state index in [4.69, 9.17) is 5.10 Å². The summed E-state index contributed by atoms with van der Waals surface area (Å²) >= 11 is 0. The number of rotatable bonds is 6. The van der Waals surface area contributed by atoms with Gasteiger partial charge in [-0.15, -0.1) is 0 Å². The number of hydrogen-bond donors (Lipinski definition) is 2. The molecule has 0 spiro atoms. The van der Waals surface area contributed by atoms with E-state index < -0.39 is 11.8 Å². The molecule has 1 aliphatic carbocycles. The summed E-state index contributed by atoms with van der Waals surface area (Å²) in [5, 5.41) is 11.4. The summed E-state index contributed by atoms with van der Waals surface area (Å²) in [6, 6.07) is 16.5. The minimum atomic E-state index is -0.771. The molecule has 0 saturated heterocycles. The van der Waals surface area contributed by atoms with Gasteiger partial charge in [0, 0.05) is 23.4 Å². The largest absolute Gasteiger partial charge is 0.345 e. The van der Waals surface area contributed by atoms with Crippen molar-refractivity contribution in [2.24, 2.45) is 5.10 Å². The number of carbonyl (C=O) groups excluding carboxylic acids is 2. The number of carbonyl (C=O) groups is 2. The van der Waals surface area contributed by atoms with Crippen LogP contribution < -0.4 is 10.7 Å². The van der Waals surface area contributed by atoms with Crippen molar-refractivity contribution in [3.63, 3.8) is 0 Å². The van der Waals surface area contributed by atoms with E-state index in [2.05, 4.69) is 47.0 Å². The van der Waals surface area contributed by atoms with Gasteiger partial charge in [0.05, 0.1) is 12.8 Å². The van der Waals surface area contributed by atoms with Crippen LogP contribution in [0.15, 0.2) is 59.8 Å². The summed E-state index contributed by atoms with van der Waals surface area (Å²) in [6.07, 6.45) is 5.25. The number of benzene rings is 2. The van der Waals surface area contributed by atoms with Crippen molar-refractivity contribution in [2.45, 2.75) is 39.3 Å². The van der Waals surface area contributed by atoms with Crippen molar-refractivity contribution in [1.82, 2.24) is 20.5 Å². The lowest BCUT2D eigenvalue weighted by molar-refractivity contribution is -0.139. The summed E-state index contributed by atoms with van der Waals surface area (Å²) in [5.74, 6) is -1.43. The summed E-state index contributed by atoms with van der Waals surface area (Å²) in [4.78, 5) is 23.7. The van der Waals surface area contributed by atoms with E-state index in [0.717, 1.165) is 40.8 Å². The van der Waals surface area contributed by atoms with Gasteiger partial charge in [0.1, 0.15) is 5.69 Å². The molecule has 7 nitrogen and oxygen atoms in total. The smallest absolute Gasteiger partial charge is 0.329 e. The molecule has 1 aliphatic rings. The third kappa shape index (κ3) is 5.45. The SMILES string of the molecule is Cc1ccc(Cn2cc(/C=N\NC(=O)C(=O)NC3CC3)c(-c3ccc(C)cc3)n2)cc1. The van der Waals surface area contributed by atoms with Crippen LogP contribution in [0.3, 0.4) is 0 Å². The number of aromatic nitrogens is 2. The van der Waals surface area contributed by atoms with Gasteiger partial charge in [-0.3, -0.25) is 14.3 Å². The maximum absolute atomic E-state index is 11.9. The molecule has 1 heterocycles. The molecular weight excluding hydrogens is 390 g/mol. The number of nitrogens with zero attached hydrogens (tertiary/aromatic N) is 3. The molecule has 2 N–H and O–H groups in total. The Morgan fingerprint density at radius 1 is 1.03 bits per heavy atom.